The molecule has 0 aliphatic heterocycles. The highest BCUT2D eigenvalue weighted by molar-refractivity contribution is 6.36. The van der Waals surface area contributed by atoms with Gasteiger partial charge in [0.25, 0.3) is 5.91 Å². The summed E-state index contributed by atoms with van der Waals surface area (Å²) in [6.45, 7) is 1.37. The Kier molecular flexibility index (Phi) is 6.43. The Morgan fingerprint density at radius 1 is 1.33 bits per heavy atom. The summed E-state index contributed by atoms with van der Waals surface area (Å²) in [4.78, 5) is 12.9. The van der Waals surface area contributed by atoms with Crippen LogP contribution >= 0.6 is 11.6 Å². The van der Waals surface area contributed by atoms with Crippen molar-refractivity contribution in [2.75, 3.05) is 13.2 Å². The van der Waals surface area contributed by atoms with Crippen LogP contribution < -0.4 is 5.32 Å². The number of hydrogen-bond acceptors (Lipinski definition) is 2. The van der Waals surface area contributed by atoms with Gasteiger partial charge in [0.1, 0.15) is 5.67 Å². The molecule has 1 fully saturated rings. The first kappa shape index (κ1) is 20.2. The normalized spacial score (nSPS) is 18.2. The molecule has 3 rings (SSSR count). The molecule has 1 unspecified atom stereocenters. The molecule has 4 nitrogen and oxygen atoms in total. The molecular weight excluding hydrogens is 367 g/mol. The number of alkyl halides is 1. The van der Waals surface area contributed by atoms with E-state index in [-0.39, 0.29) is 12.5 Å². The summed E-state index contributed by atoms with van der Waals surface area (Å²) in [6.07, 6.45) is 8.95. The maximum absolute atomic E-state index is 14.4. The molecule has 1 atom stereocenters. The van der Waals surface area contributed by atoms with E-state index in [0.29, 0.717) is 34.0 Å². The zero-order valence-corrected chi connectivity index (χ0v) is 16.6. The molecular formula is C21H28ClFN2O2. The van der Waals surface area contributed by atoms with Gasteiger partial charge in [-0.3, -0.25) is 4.79 Å². The van der Waals surface area contributed by atoms with E-state index in [1.165, 1.54) is 32.6 Å². The van der Waals surface area contributed by atoms with E-state index in [1.807, 2.05) is 6.07 Å². The van der Waals surface area contributed by atoms with Gasteiger partial charge in [0.2, 0.25) is 0 Å². The van der Waals surface area contributed by atoms with Gasteiger partial charge in [-0.1, -0.05) is 43.4 Å². The highest BCUT2D eigenvalue weighted by atomic mass is 35.5. The van der Waals surface area contributed by atoms with Crippen LogP contribution in [-0.2, 0) is 6.54 Å². The summed E-state index contributed by atoms with van der Waals surface area (Å²) >= 11 is 6.36. The topological polar surface area (TPSA) is 54.3 Å². The van der Waals surface area contributed by atoms with Crippen molar-refractivity contribution < 1.29 is 14.3 Å². The predicted octanol–water partition coefficient (Wildman–Crippen LogP) is 4.72. The summed E-state index contributed by atoms with van der Waals surface area (Å²) < 4.78 is 16.0. The lowest BCUT2D eigenvalue weighted by atomic mass is 10.0. The Hall–Kier alpha value is -1.59. The number of fused-ring (bicyclic) bond motifs is 1. The third-order valence-corrected chi connectivity index (χ3v) is 5.77. The van der Waals surface area contributed by atoms with Crippen molar-refractivity contribution in [2.45, 2.75) is 57.7 Å². The lowest BCUT2D eigenvalue weighted by Gasteiger charge is -2.18. The number of rotatable bonds is 6. The summed E-state index contributed by atoms with van der Waals surface area (Å²) in [5, 5.41) is 13.4. The van der Waals surface area contributed by atoms with Crippen LogP contribution in [0.2, 0.25) is 5.02 Å². The lowest BCUT2D eigenvalue weighted by Crippen LogP contribution is -2.30. The van der Waals surface area contributed by atoms with Crippen molar-refractivity contribution in [1.29, 1.82) is 0 Å². The number of benzene rings is 1. The van der Waals surface area contributed by atoms with Crippen molar-refractivity contribution in [1.82, 2.24) is 9.88 Å². The average molecular weight is 395 g/mol. The molecule has 1 saturated carbocycles. The Morgan fingerprint density at radius 2 is 2.04 bits per heavy atom. The highest BCUT2D eigenvalue weighted by Crippen LogP contribution is 2.30. The summed E-state index contributed by atoms with van der Waals surface area (Å²) in [5.74, 6) is 0.337. The smallest absolute Gasteiger partial charge is 0.253 e. The molecule has 0 bridgehead atoms. The maximum Gasteiger partial charge on any atom is 0.253 e. The second-order valence-electron chi connectivity index (χ2n) is 7.94. The second-order valence-corrected chi connectivity index (χ2v) is 8.35. The van der Waals surface area contributed by atoms with Crippen molar-refractivity contribution >= 4 is 28.4 Å². The number of hydrogen-bond donors (Lipinski definition) is 2. The lowest BCUT2D eigenvalue weighted by molar-refractivity contribution is 0.0726. The molecule has 27 heavy (non-hydrogen) atoms. The molecule has 6 heteroatoms. The van der Waals surface area contributed by atoms with Gasteiger partial charge < -0.3 is 15.0 Å². The fourth-order valence-corrected chi connectivity index (χ4v) is 4.19. The van der Waals surface area contributed by atoms with Crippen LogP contribution in [0.15, 0.2) is 24.4 Å². The zero-order valence-electron chi connectivity index (χ0n) is 15.8. The molecule has 1 aliphatic carbocycles. The third kappa shape index (κ3) is 4.82. The number of nitrogens with one attached hydrogen (secondary N) is 1. The molecule has 0 spiro atoms. The number of aliphatic hydroxyl groups excluding tert-OH is 1. The molecule has 0 saturated heterocycles. The highest BCUT2D eigenvalue weighted by Gasteiger charge is 2.26. The van der Waals surface area contributed by atoms with E-state index in [1.54, 1.807) is 22.9 Å². The summed E-state index contributed by atoms with van der Waals surface area (Å²) in [5.41, 5.74) is -0.625. The fraction of sp³-hybridized carbons (Fsp3) is 0.571. The molecule has 1 heterocycles. The maximum atomic E-state index is 14.4. The van der Waals surface area contributed by atoms with Crippen LogP contribution in [-0.4, -0.2) is 34.4 Å². The van der Waals surface area contributed by atoms with Crippen LogP contribution in [0.4, 0.5) is 4.39 Å². The molecule has 2 aromatic rings. The van der Waals surface area contributed by atoms with Crippen molar-refractivity contribution in [3.63, 3.8) is 0 Å². The Morgan fingerprint density at radius 3 is 2.70 bits per heavy atom. The van der Waals surface area contributed by atoms with Crippen LogP contribution in [0, 0.1) is 5.92 Å². The zero-order chi connectivity index (χ0) is 19.4. The summed E-state index contributed by atoms with van der Waals surface area (Å²) in [6, 6.07) is 5.33. The van der Waals surface area contributed by atoms with Crippen LogP contribution in [0.5, 0.6) is 0 Å². The van der Waals surface area contributed by atoms with Gasteiger partial charge in [0.15, 0.2) is 0 Å². The SMILES string of the molecule is CC(F)(CO)Cn1cc(C(=O)NCC2CCCCCC2)c2c(Cl)cccc21. The minimum Gasteiger partial charge on any atom is -0.393 e. The van der Waals surface area contributed by atoms with E-state index >= 15 is 0 Å². The van der Waals surface area contributed by atoms with Crippen molar-refractivity contribution in [2.24, 2.45) is 5.92 Å². The standard InChI is InChI=1S/C21H28ClFN2O2/c1-21(23,14-26)13-25-12-16(19-17(22)9-6-10-18(19)25)20(27)24-11-15-7-4-2-3-5-8-15/h6,9-10,12,15,26H,2-5,7-8,11,13-14H2,1H3,(H,24,27). The van der Waals surface area contributed by atoms with Gasteiger partial charge in [-0.25, -0.2) is 4.39 Å². The monoisotopic (exact) mass is 394 g/mol. The van der Waals surface area contributed by atoms with Gasteiger partial charge in [-0.2, -0.15) is 0 Å². The minimum absolute atomic E-state index is 0.0454. The number of aliphatic hydroxyl groups is 1. The Balaban J connectivity index is 1.83. The molecule has 1 aromatic heterocycles. The number of aromatic nitrogens is 1. The largest absolute Gasteiger partial charge is 0.393 e. The first-order valence-electron chi connectivity index (χ1n) is 9.76. The van der Waals surface area contributed by atoms with Gasteiger partial charge in [0.05, 0.1) is 29.3 Å². The quantitative estimate of drug-likeness (QED) is 0.697. The van der Waals surface area contributed by atoms with Gasteiger partial charge in [-0.15, -0.1) is 0 Å². The van der Waals surface area contributed by atoms with Crippen LogP contribution in [0.1, 0.15) is 55.8 Å². The number of carbonyl (C=O) groups excluding carboxylic acids is 1. The third-order valence-electron chi connectivity index (χ3n) is 5.46. The number of carbonyl (C=O) groups is 1. The molecule has 2 N–H and O–H groups in total. The van der Waals surface area contributed by atoms with Crippen LogP contribution in [0.25, 0.3) is 10.9 Å². The first-order chi connectivity index (χ1) is 12.9. The molecule has 148 valence electrons. The average Bonchev–Trinajstić information content (AvgIpc) is 2.82. The molecule has 1 aliphatic rings. The molecule has 0 radical (unpaired) electrons. The van der Waals surface area contributed by atoms with E-state index < -0.39 is 12.3 Å². The van der Waals surface area contributed by atoms with Crippen molar-refractivity contribution in [3.8, 4) is 0 Å². The van der Waals surface area contributed by atoms with E-state index in [0.717, 1.165) is 12.8 Å². The van der Waals surface area contributed by atoms with Crippen LogP contribution in [0.3, 0.4) is 0 Å². The second kappa shape index (κ2) is 8.61. The van der Waals surface area contributed by atoms with Gasteiger partial charge in [0, 0.05) is 18.1 Å². The number of nitrogens with zero attached hydrogens (tertiary/aromatic N) is 1. The Labute approximate surface area is 164 Å². The first-order valence-corrected chi connectivity index (χ1v) is 10.1. The van der Waals surface area contributed by atoms with Gasteiger partial charge >= 0.3 is 0 Å². The minimum atomic E-state index is -1.78. The van der Waals surface area contributed by atoms with E-state index in [2.05, 4.69) is 5.32 Å². The number of amides is 1. The van der Waals surface area contributed by atoms with Gasteiger partial charge in [-0.05, 0) is 37.8 Å². The Bertz CT molecular complexity index is 795. The molecule has 1 amide bonds. The predicted molar refractivity (Wildman–Crippen MR) is 107 cm³/mol. The molecule has 1 aromatic carbocycles. The fourth-order valence-electron chi connectivity index (χ4n) is 3.92. The summed E-state index contributed by atoms with van der Waals surface area (Å²) in [7, 11) is 0. The number of halogens is 2. The van der Waals surface area contributed by atoms with E-state index in [4.69, 9.17) is 11.6 Å². The van der Waals surface area contributed by atoms with E-state index in [9.17, 15) is 14.3 Å². The van der Waals surface area contributed by atoms with Crippen molar-refractivity contribution in [3.05, 3.63) is 35.0 Å².